The van der Waals surface area contributed by atoms with Crippen LogP contribution in [-0.4, -0.2) is 164 Å². The van der Waals surface area contributed by atoms with Gasteiger partial charge in [0.1, 0.15) is 48.0 Å². The van der Waals surface area contributed by atoms with E-state index in [-0.39, 0.29) is 31.6 Å². The number of amides is 10. The molecule has 0 saturated carbocycles. The number of phenolic OH excluding ortho intramolecular Hbond substituents is 1. The van der Waals surface area contributed by atoms with Gasteiger partial charge in [0.15, 0.2) is 0 Å². The summed E-state index contributed by atoms with van der Waals surface area (Å²) in [4.78, 5) is 160. The Balaban J connectivity index is 1.38. The van der Waals surface area contributed by atoms with Crippen LogP contribution in [0, 0.1) is 5.92 Å². The van der Waals surface area contributed by atoms with Gasteiger partial charge in [0.05, 0.1) is 32.0 Å². The number of carbonyl (C=O) groups is 12. The normalized spacial score (nSPS) is 16.2. The fourth-order valence-corrected chi connectivity index (χ4v) is 8.04. The molecule has 4 rings (SSSR count). The summed E-state index contributed by atoms with van der Waals surface area (Å²) in [6, 6.07) is 1.61. The molecule has 0 bridgehead atoms. The number of rotatable bonds is 28. The Morgan fingerprint density at radius 2 is 1.34 bits per heavy atom. The largest absolute Gasteiger partial charge is 0.508 e. The van der Waals surface area contributed by atoms with Crippen molar-refractivity contribution < 1.29 is 72.9 Å². The molecule has 0 unspecified atom stereocenters. The lowest BCUT2D eigenvalue weighted by Crippen LogP contribution is -2.59. The first-order valence-corrected chi connectivity index (χ1v) is 24.4. The fourth-order valence-electron chi connectivity index (χ4n) is 8.04. The maximum atomic E-state index is 13.9. The number of primary amides is 1. The Morgan fingerprint density at radius 3 is 1.99 bits per heavy atom. The van der Waals surface area contributed by atoms with Crippen molar-refractivity contribution in [3.05, 3.63) is 65.9 Å². The first-order chi connectivity index (χ1) is 35.9. The molecule has 1 saturated heterocycles. The Labute approximate surface area is 435 Å². The fraction of sp³-hybridized carbons (Fsp3) is 0.469. The van der Waals surface area contributed by atoms with Gasteiger partial charge in [0.25, 0.3) is 0 Å². The summed E-state index contributed by atoms with van der Waals surface area (Å²) in [6.45, 7) is 4.46. The van der Waals surface area contributed by atoms with E-state index in [1.54, 1.807) is 20.0 Å². The highest BCUT2D eigenvalue weighted by molar-refractivity contribution is 5.99. The molecular weight excluding hydrogens is 997 g/mol. The molecule has 3 aromatic rings. The van der Waals surface area contributed by atoms with E-state index in [2.05, 4.69) is 47.5 Å². The number of carbonyl (C=O) groups excluding carboxylic acids is 10. The predicted molar refractivity (Wildman–Crippen MR) is 269 cm³/mol. The van der Waals surface area contributed by atoms with Crippen molar-refractivity contribution in [3.63, 3.8) is 0 Å². The third kappa shape index (κ3) is 17.8. The Kier molecular flexibility index (Phi) is 22.2. The van der Waals surface area contributed by atoms with E-state index in [9.17, 15) is 67.7 Å². The van der Waals surface area contributed by atoms with E-state index in [1.807, 2.05) is 24.3 Å². The number of hydrogen-bond donors (Lipinski definition) is 14. The minimum atomic E-state index is -1.86. The molecule has 10 amide bonds. The second kappa shape index (κ2) is 28.2. The van der Waals surface area contributed by atoms with Crippen LogP contribution in [0.1, 0.15) is 70.9 Å². The van der Waals surface area contributed by atoms with Crippen molar-refractivity contribution in [2.45, 2.75) is 121 Å². The lowest BCUT2D eigenvalue weighted by molar-refractivity contribution is -0.143. The quantitative estimate of drug-likeness (QED) is 0.0338. The first-order valence-electron chi connectivity index (χ1n) is 24.4. The molecule has 1 aromatic heterocycles. The number of carboxylic acid groups (broad SMARTS) is 2. The van der Waals surface area contributed by atoms with Crippen molar-refractivity contribution in [1.82, 2.24) is 52.4 Å². The van der Waals surface area contributed by atoms with Gasteiger partial charge in [-0.1, -0.05) is 50.6 Å². The topological polar surface area (TPSA) is 433 Å². The molecule has 76 heavy (non-hydrogen) atoms. The number of aromatic amines is 1. The van der Waals surface area contributed by atoms with Crippen molar-refractivity contribution >= 4 is 81.9 Å². The zero-order valence-corrected chi connectivity index (χ0v) is 42.3. The van der Waals surface area contributed by atoms with E-state index in [4.69, 9.17) is 16.6 Å². The number of para-hydroxylation sites is 1. The van der Waals surface area contributed by atoms with Crippen LogP contribution in [-0.2, 0) is 70.4 Å². The van der Waals surface area contributed by atoms with E-state index >= 15 is 0 Å². The van der Waals surface area contributed by atoms with Gasteiger partial charge in [-0.25, -0.2) is 0 Å². The van der Waals surface area contributed by atoms with Crippen molar-refractivity contribution in [3.8, 4) is 5.75 Å². The summed E-state index contributed by atoms with van der Waals surface area (Å²) in [7, 11) is 0. The van der Waals surface area contributed by atoms with Crippen LogP contribution in [0.3, 0.4) is 0 Å². The number of phenols is 1. The van der Waals surface area contributed by atoms with Gasteiger partial charge >= 0.3 is 11.9 Å². The SMILES string of the molecule is CC[C@H](C)[C@H](NC(=O)CNC(=O)CNC(=O)[C@H](Cc1ccc(O)cc1)NC(=O)[C@H](CC(=O)O)NC(=O)[C@H](C)NC(=O)[C@@H]1CCCN1C(=O)[C@H](CC(N)=O)NC(=O)[C@@H](N)Cc1c[nH]c2ccccc12)C(=O)N[C@@H](C)C(=O)O. The summed E-state index contributed by atoms with van der Waals surface area (Å²) in [5.41, 5.74) is 13.6. The van der Waals surface area contributed by atoms with Crippen LogP contribution in [0.2, 0.25) is 0 Å². The molecule has 27 nitrogen and oxygen atoms in total. The highest BCUT2D eigenvalue weighted by atomic mass is 16.4. The molecular formula is C49H66N12O15. The molecule has 1 aliphatic rings. The van der Waals surface area contributed by atoms with Gasteiger partial charge in [-0.15, -0.1) is 0 Å². The summed E-state index contributed by atoms with van der Waals surface area (Å²) in [6.07, 6.45) is 0.668. The molecule has 9 atom stereocenters. The van der Waals surface area contributed by atoms with E-state index in [0.29, 0.717) is 18.4 Å². The van der Waals surface area contributed by atoms with Gasteiger partial charge in [-0.2, -0.15) is 0 Å². The second-order valence-electron chi connectivity index (χ2n) is 18.4. The van der Waals surface area contributed by atoms with Gasteiger partial charge < -0.3 is 79.2 Å². The van der Waals surface area contributed by atoms with Crippen LogP contribution in [0.5, 0.6) is 5.75 Å². The smallest absolute Gasteiger partial charge is 0.325 e. The highest BCUT2D eigenvalue weighted by Gasteiger charge is 2.40. The van der Waals surface area contributed by atoms with Crippen LogP contribution >= 0.6 is 0 Å². The lowest BCUT2D eigenvalue weighted by atomic mass is 9.98. The summed E-state index contributed by atoms with van der Waals surface area (Å²) >= 11 is 0. The number of benzene rings is 2. The molecule has 0 spiro atoms. The molecule has 1 fully saturated rings. The number of aromatic hydroxyl groups is 1. The number of nitrogens with zero attached hydrogens (tertiary/aromatic N) is 1. The lowest BCUT2D eigenvalue weighted by Gasteiger charge is -2.29. The monoisotopic (exact) mass is 1060 g/mol. The molecule has 2 heterocycles. The van der Waals surface area contributed by atoms with Gasteiger partial charge in [-0.05, 0) is 68.4 Å². The average Bonchev–Trinajstić information content (AvgIpc) is 4.03. The molecule has 16 N–H and O–H groups in total. The third-order valence-corrected chi connectivity index (χ3v) is 12.5. The number of likely N-dealkylation sites (tertiary alicyclic amines) is 1. The number of nitrogens with one attached hydrogen (secondary N) is 9. The summed E-state index contributed by atoms with van der Waals surface area (Å²) < 4.78 is 0. The molecule has 2 aromatic carbocycles. The van der Waals surface area contributed by atoms with Crippen LogP contribution in [0.25, 0.3) is 10.9 Å². The molecule has 0 radical (unpaired) electrons. The number of nitrogens with two attached hydrogens (primary N) is 2. The van der Waals surface area contributed by atoms with Crippen LogP contribution < -0.4 is 54.0 Å². The Bertz CT molecular complexity index is 2640. The maximum Gasteiger partial charge on any atom is 0.325 e. The first kappa shape index (κ1) is 59.9. The van der Waals surface area contributed by atoms with Crippen LogP contribution in [0.4, 0.5) is 0 Å². The standard InChI is InChI=1S/C49H66N12O15/c1-5-24(2)41(47(73)56-26(4)49(75)76)60-39(65)23-53-38(64)22-54-44(70)33(17-27-12-14-29(62)15-13-27)58-45(71)34(20-40(66)67)57-42(68)25(3)55-46(72)36-11-8-16-61(36)48(74)35(19-37(51)63)59-43(69)31(50)18-28-21-52-32-10-7-6-9-30(28)32/h6-7,9-10,12-15,21,24-26,31,33-36,41,52,62H,5,8,11,16-20,22-23,50H2,1-4H3,(H2,51,63)(H,53,64)(H,54,70)(H,55,72)(H,56,73)(H,57,68)(H,58,71)(H,59,69)(H,60,65)(H,66,67)(H,75,76)/t24-,25-,26-,31-,33-,34-,35-,36-,41-/m0/s1. The molecule has 1 aliphatic heterocycles. The van der Waals surface area contributed by atoms with Gasteiger partial charge in [0.2, 0.25) is 59.1 Å². The van der Waals surface area contributed by atoms with E-state index in [1.165, 1.54) is 38.1 Å². The molecule has 412 valence electrons. The van der Waals surface area contributed by atoms with Crippen LogP contribution in [0.15, 0.2) is 54.7 Å². The summed E-state index contributed by atoms with van der Waals surface area (Å²) in [5.74, 6) is -12.5. The zero-order chi connectivity index (χ0) is 56.4. The zero-order valence-electron chi connectivity index (χ0n) is 42.3. The van der Waals surface area contributed by atoms with E-state index < -0.39 is 151 Å². The molecule has 0 aliphatic carbocycles. The number of fused-ring (bicyclic) bond motifs is 1. The minimum absolute atomic E-state index is 0.0179. The Morgan fingerprint density at radius 1 is 0.697 bits per heavy atom. The average molecular weight is 1060 g/mol. The molecule has 27 heteroatoms. The van der Waals surface area contributed by atoms with Crippen molar-refractivity contribution in [2.24, 2.45) is 17.4 Å². The number of hydrogen-bond acceptors (Lipinski definition) is 14. The Hall–Kier alpha value is -8.62. The number of carboxylic acids is 2. The van der Waals surface area contributed by atoms with Crippen molar-refractivity contribution in [1.29, 1.82) is 0 Å². The third-order valence-electron chi connectivity index (χ3n) is 12.5. The van der Waals surface area contributed by atoms with Crippen molar-refractivity contribution in [2.75, 3.05) is 19.6 Å². The predicted octanol–water partition coefficient (Wildman–Crippen LogP) is -3.36. The van der Waals surface area contributed by atoms with E-state index in [0.717, 1.165) is 21.4 Å². The second-order valence-corrected chi connectivity index (χ2v) is 18.4. The van der Waals surface area contributed by atoms with Gasteiger partial charge in [-0.3, -0.25) is 57.5 Å². The summed E-state index contributed by atoms with van der Waals surface area (Å²) in [5, 5.41) is 48.4. The van der Waals surface area contributed by atoms with Gasteiger partial charge in [0, 0.05) is 30.1 Å². The number of aromatic nitrogens is 1. The maximum absolute atomic E-state index is 13.9. The highest BCUT2D eigenvalue weighted by Crippen LogP contribution is 2.21. The minimum Gasteiger partial charge on any atom is -0.508 e. The number of H-pyrrole nitrogens is 1. The number of aliphatic carboxylic acids is 2.